The van der Waals surface area contributed by atoms with E-state index in [2.05, 4.69) is 22.3 Å². The SMILES string of the molecule is CC(C)(C)OC(=O)NC1CCN(C(CN)c2ccccc2)C1. The summed E-state index contributed by atoms with van der Waals surface area (Å²) >= 11 is 0. The summed E-state index contributed by atoms with van der Waals surface area (Å²) in [6.07, 6.45) is 0.575. The third-order valence-electron chi connectivity index (χ3n) is 3.79. The highest BCUT2D eigenvalue weighted by atomic mass is 16.6. The third-order valence-corrected chi connectivity index (χ3v) is 3.79. The average Bonchev–Trinajstić information content (AvgIpc) is 2.87. The van der Waals surface area contributed by atoms with Gasteiger partial charge < -0.3 is 15.8 Å². The van der Waals surface area contributed by atoms with E-state index in [9.17, 15) is 4.79 Å². The van der Waals surface area contributed by atoms with Crippen molar-refractivity contribution in [1.29, 1.82) is 0 Å². The van der Waals surface area contributed by atoms with Gasteiger partial charge in [-0.15, -0.1) is 0 Å². The fourth-order valence-corrected chi connectivity index (χ4v) is 2.83. The molecule has 0 aliphatic carbocycles. The number of likely N-dealkylation sites (tertiary alicyclic amines) is 1. The lowest BCUT2D eigenvalue weighted by molar-refractivity contribution is 0.0504. The molecule has 0 bridgehead atoms. The summed E-state index contributed by atoms with van der Waals surface area (Å²) in [6.45, 7) is 7.91. The Morgan fingerprint density at radius 1 is 1.41 bits per heavy atom. The molecule has 1 aliphatic heterocycles. The first-order valence-corrected chi connectivity index (χ1v) is 7.87. The highest BCUT2D eigenvalue weighted by Gasteiger charge is 2.30. The van der Waals surface area contributed by atoms with Crippen molar-refractivity contribution in [2.24, 2.45) is 5.73 Å². The van der Waals surface area contributed by atoms with Crippen LogP contribution in [0.25, 0.3) is 0 Å². The van der Waals surface area contributed by atoms with E-state index in [1.165, 1.54) is 5.56 Å². The van der Waals surface area contributed by atoms with Crippen LogP contribution in [0.3, 0.4) is 0 Å². The maximum absolute atomic E-state index is 11.9. The second-order valence-electron chi connectivity index (χ2n) is 6.79. The van der Waals surface area contributed by atoms with Crippen LogP contribution in [0, 0.1) is 0 Å². The van der Waals surface area contributed by atoms with Crippen molar-refractivity contribution in [2.75, 3.05) is 19.6 Å². The molecule has 0 radical (unpaired) electrons. The third kappa shape index (κ3) is 4.71. The van der Waals surface area contributed by atoms with Gasteiger partial charge in [-0.1, -0.05) is 30.3 Å². The molecule has 0 aromatic heterocycles. The molecule has 2 rings (SSSR count). The molecule has 2 atom stereocenters. The lowest BCUT2D eigenvalue weighted by Crippen LogP contribution is -2.41. The number of hydrogen-bond donors (Lipinski definition) is 2. The molecule has 1 aliphatic rings. The van der Waals surface area contributed by atoms with Gasteiger partial charge in [-0.3, -0.25) is 4.90 Å². The van der Waals surface area contributed by atoms with Crippen LogP contribution in [0.5, 0.6) is 0 Å². The number of rotatable bonds is 4. The van der Waals surface area contributed by atoms with Crippen LogP contribution < -0.4 is 11.1 Å². The molecule has 1 aromatic rings. The Balaban J connectivity index is 1.90. The Bertz CT molecular complexity index is 484. The molecule has 22 heavy (non-hydrogen) atoms. The van der Waals surface area contributed by atoms with Gasteiger partial charge in [0.05, 0.1) is 0 Å². The zero-order valence-electron chi connectivity index (χ0n) is 13.7. The molecule has 1 aromatic carbocycles. The molecule has 3 N–H and O–H groups in total. The highest BCUT2D eigenvalue weighted by molar-refractivity contribution is 5.68. The Labute approximate surface area is 132 Å². The minimum Gasteiger partial charge on any atom is -0.444 e. The predicted molar refractivity (Wildman–Crippen MR) is 87.6 cm³/mol. The maximum Gasteiger partial charge on any atom is 0.407 e. The van der Waals surface area contributed by atoms with Crippen molar-refractivity contribution in [1.82, 2.24) is 10.2 Å². The molecule has 5 heteroatoms. The quantitative estimate of drug-likeness (QED) is 0.895. The summed E-state index contributed by atoms with van der Waals surface area (Å²) in [5.41, 5.74) is 6.72. The largest absolute Gasteiger partial charge is 0.444 e. The maximum atomic E-state index is 11.9. The molecule has 0 saturated carbocycles. The summed E-state index contributed by atoms with van der Waals surface area (Å²) in [6, 6.07) is 10.6. The lowest BCUT2D eigenvalue weighted by atomic mass is 10.1. The first-order valence-electron chi connectivity index (χ1n) is 7.87. The second kappa shape index (κ2) is 7.11. The van der Waals surface area contributed by atoms with E-state index in [1.54, 1.807) is 0 Å². The lowest BCUT2D eigenvalue weighted by Gasteiger charge is -2.27. The second-order valence-corrected chi connectivity index (χ2v) is 6.79. The van der Waals surface area contributed by atoms with Crippen LogP contribution in [0.4, 0.5) is 4.79 Å². The van der Waals surface area contributed by atoms with Gasteiger partial charge in [0, 0.05) is 31.7 Å². The summed E-state index contributed by atoms with van der Waals surface area (Å²) in [7, 11) is 0. The summed E-state index contributed by atoms with van der Waals surface area (Å²) in [5.74, 6) is 0. The van der Waals surface area contributed by atoms with E-state index in [4.69, 9.17) is 10.5 Å². The van der Waals surface area contributed by atoms with E-state index in [1.807, 2.05) is 39.0 Å². The van der Waals surface area contributed by atoms with E-state index in [0.717, 1.165) is 19.5 Å². The molecular weight excluding hydrogens is 278 g/mol. The van der Waals surface area contributed by atoms with Crippen molar-refractivity contribution in [2.45, 2.75) is 44.9 Å². The van der Waals surface area contributed by atoms with Gasteiger partial charge in [0.2, 0.25) is 0 Å². The van der Waals surface area contributed by atoms with Gasteiger partial charge in [0.25, 0.3) is 0 Å². The number of amides is 1. The molecule has 1 heterocycles. The molecule has 1 fully saturated rings. The monoisotopic (exact) mass is 305 g/mol. The van der Waals surface area contributed by atoms with Crippen LogP contribution in [0.15, 0.2) is 30.3 Å². The van der Waals surface area contributed by atoms with Crippen molar-refractivity contribution >= 4 is 6.09 Å². The zero-order chi connectivity index (χ0) is 16.2. The minimum atomic E-state index is -0.466. The van der Waals surface area contributed by atoms with E-state index in [0.29, 0.717) is 6.54 Å². The number of alkyl carbamates (subject to hydrolysis) is 1. The molecule has 0 spiro atoms. The van der Waals surface area contributed by atoms with Gasteiger partial charge in [-0.2, -0.15) is 0 Å². The van der Waals surface area contributed by atoms with Gasteiger partial charge in [0.1, 0.15) is 5.60 Å². The standard InChI is InChI=1S/C17H27N3O2/c1-17(2,3)22-16(21)19-14-9-10-20(12-14)15(11-18)13-7-5-4-6-8-13/h4-8,14-15H,9-12,18H2,1-3H3,(H,19,21). The van der Waals surface area contributed by atoms with Crippen LogP contribution in [0.1, 0.15) is 38.8 Å². The number of nitrogens with two attached hydrogens (primary N) is 1. The van der Waals surface area contributed by atoms with Crippen LogP contribution in [-0.4, -0.2) is 42.3 Å². The number of nitrogens with zero attached hydrogens (tertiary/aromatic N) is 1. The molecule has 5 nitrogen and oxygen atoms in total. The summed E-state index contributed by atoms with van der Waals surface area (Å²) in [4.78, 5) is 14.2. The van der Waals surface area contributed by atoms with Gasteiger partial charge in [0.15, 0.2) is 0 Å². The summed E-state index contributed by atoms with van der Waals surface area (Å²) < 4.78 is 5.31. The number of carbonyl (C=O) groups is 1. The fourth-order valence-electron chi connectivity index (χ4n) is 2.83. The average molecular weight is 305 g/mol. The normalized spacial score (nSPS) is 20.6. The number of carbonyl (C=O) groups excluding carboxylic acids is 1. The summed E-state index contributed by atoms with van der Waals surface area (Å²) in [5, 5.41) is 2.95. The number of hydrogen-bond acceptors (Lipinski definition) is 4. The highest BCUT2D eigenvalue weighted by Crippen LogP contribution is 2.24. The van der Waals surface area contributed by atoms with E-state index >= 15 is 0 Å². The van der Waals surface area contributed by atoms with Crippen LogP contribution in [0.2, 0.25) is 0 Å². The van der Waals surface area contributed by atoms with Crippen molar-refractivity contribution in [3.63, 3.8) is 0 Å². The minimum absolute atomic E-state index is 0.118. The van der Waals surface area contributed by atoms with Crippen molar-refractivity contribution in [3.05, 3.63) is 35.9 Å². The fraction of sp³-hybridized carbons (Fsp3) is 0.588. The zero-order valence-corrected chi connectivity index (χ0v) is 13.7. The molecular formula is C17H27N3O2. The Morgan fingerprint density at radius 2 is 2.09 bits per heavy atom. The molecule has 1 amide bonds. The predicted octanol–water partition coefficient (Wildman–Crippen LogP) is 2.29. The van der Waals surface area contributed by atoms with Crippen molar-refractivity contribution in [3.8, 4) is 0 Å². The number of ether oxygens (including phenoxy) is 1. The Kier molecular flexibility index (Phi) is 5.42. The Morgan fingerprint density at radius 3 is 2.68 bits per heavy atom. The van der Waals surface area contributed by atoms with Crippen molar-refractivity contribution < 1.29 is 9.53 Å². The smallest absolute Gasteiger partial charge is 0.407 e. The molecule has 122 valence electrons. The van der Waals surface area contributed by atoms with E-state index < -0.39 is 5.60 Å². The molecule has 2 unspecified atom stereocenters. The van der Waals surface area contributed by atoms with Gasteiger partial charge in [-0.05, 0) is 32.8 Å². The van der Waals surface area contributed by atoms with E-state index in [-0.39, 0.29) is 18.2 Å². The molecule has 1 saturated heterocycles. The van der Waals surface area contributed by atoms with Gasteiger partial charge in [-0.25, -0.2) is 4.79 Å². The number of nitrogens with one attached hydrogen (secondary N) is 1. The first-order chi connectivity index (χ1) is 10.4. The topological polar surface area (TPSA) is 67.6 Å². The number of benzene rings is 1. The Hall–Kier alpha value is -1.59. The van der Waals surface area contributed by atoms with Crippen LogP contribution in [-0.2, 0) is 4.74 Å². The van der Waals surface area contributed by atoms with Gasteiger partial charge >= 0.3 is 6.09 Å². The van der Waals surface area contributed by atoms with Crippen LogP contribution >= 0.6 is 0 Å². The first kappa shape index (κ1) is 16.8.